The van der Waals surface area contributed by atoms with Gasteiger partial charge in [0.15, 0.2) is 11.5 Å². The molecule has 2 aromatic rings. The molecule has 3 N–H and O–H groups in total. The van der Waals surface area contributed by atoms with E-state index in [-0.39, 0.29) is 12.7 Å². The van der Waals surface area contributed by atoms with Gasteiger partial charge in [0, 0.05) is 6.54 Å². The molecule has 2 rings (SSSR count). The number of rotatable bonds is 6. The van der Waals surface area contributed by atoms with Gasteiger partial charge in [0.2, 0.25) is 0 Å². The van der Waals surface area contributed by atoms with Crippen LogP contribution in [0.5, 0.6) is 11.5 Å². The SMILES string of the molecule is COc1cc(CO)ccc1OC(CN)c1ccccc1C. The minimum absolute atomic E-state index is 0.0330. The quantitative estimate of drug-likeness (QED) is 0.857. The van der Waals surface area contributed by atoms with Crippen LogP contribution in [-0.2, 0) is 6.61 Å². The Morgan fingerprint density at radius 1 is 1.14 bits per heavy atom. The third-order valence-electron chi connectivity index (χ3n) is 3.43. The summed E-state index contributed by atoms with van der Waals surface area (Å²) < 4.78 is 11.3. The number of hydrogen-bond donors (Lipinski definition) is 2. The molecule has 1 unspecified atom stereocenters. The molecule has 0 aromatic heterocycles. The lowest BCUT2D eigenvalue weighted by molar-refractivity contribution is 0.203. The van der Waals surface area contributed by atoms with Crippen LogP contribution in [0, 0.1) is 6.92 Å². The predicted octanol–water partition coefficient (Wildman–Crippen LogP) is 2.57. The summed E-state index contributed by atoms with van der Waals surface area (Å²) in [6, 6.07) is 13.4. The molecule has 4 heteroatoms. The fourth-order valence-corrected chi connectivity index (χ4v) is 2.25. The van der Waals surface area contributed by atoms with Gasteiger partial charge in [0.05, 0.1) is 13.7 Å². The number of ether oxygens (including phenoxy) is 2. The van der Waals surface area contributed by atoms with Crippen LogP contribution in [0.1, 0.15) is 22.8 Å². The molecule has 0 heterocycles. The zero-order valence-corrected chi connectivity index (χ0v) is 12.4. The van der Waals surface area contributed by atoms with Crippen molar-refractivity contribution < 1.29 is 14.6 Å². The maximum Gasteiger partial charge on any atom is 0.162 e. The zero-order chi connectivity index (χ0) is 15.2. The topological polar surface area (TPSA) is 64.7 Å². The summed E-state index contributed by atoms with van der Waals surface area (Å²) >= 11 is 0. The third-order valence-corrected chi connectivity index (χ3v) is 3.43. The molecule has 0 bridgehead atoms. The molecule has 0 fully saturated rings. The minimum atomic E-state index is -0.236. The lowest BCUT2D eigenvalue weighted by atomic mass is 10.0. The Bertz CT molecular complexity index is 598. The number of methoxy groups -OCH3 is 1. The summed E-state index contributed by atoms with van der Waals surface area (Å²) in [6.07, 6.45) is -0.236. The Morgan fingerprint density at radius 3 is 2.52 bits per heavy atom. The summed E-state index contributed by atoms with van der Waals surface area (Å²) in [6.45, 7) is 2.37. The van der Waals surface area contributed by atoms with Crippen molar-refractivity contribution in [2.45, 2.75) is 19.6 Å². The van der Waals surface area contributed by atoms with Crippen LogP contribution in [-0.4, -0.2) is 18.8 Å². The number of aryl methyl sites for hydroxylation is 1. The van der Waals surface area contributed by atoms with Crippen molar-refractivity contribution in [1.29, 1.82) is 0 Å². The molecule has 0 aliphatic rings. The number of hydrogen-bond acceptors (Lipinski definition) is 4. The van der Waals surface area contributed by atoms with E-state index in [9.17, 15) is 5.11 Å². The smallest absolute Gasteiger partial charge is 0.162 e. The van der Waals surface area contributed by atoms with Crippen molar-refractivity contribution >= 4 is 0 Å². The molecule has 0 amide bonds. The van der Waals surface area contributed by atoms with Gasteiger partial charge < -0.3 is 20.3 Å². The van der Waals surface area contributed by atoms with Gasteiger partial charge in [-0.05, 0) is 35.7 Å². The van der Waals surface area contributed by atoms with E-state index >= 15 is 0 Å². The summed E-state index contributed by atoms with van der Waals surface area (Å²) in [5.74, 6) is 1.21. The van der Waals surface area contributed by atoms with Crippen molar-refractivity contribution in [3.63, 3.8) is 0 Å². The van der Waals surface area contributed by atoms with Crippen molar-refractivity contribution in [1.82, 2.24) is 0 Å². The first-order chi connectivity index (χ1) is 10.2. The Labute approximate surface area is 125 Å². The van der Waals surface area contributed by atoms with Crippen molar-refractivity contribution in [2.75, 3.05) is 13.7 Å². The van der Waals surface area contributed by atoms with Crippen molar-refractivity contribution in [2.24, 2.45) is 5.73 Å². The van der Waals surface area contributed by atoms with E-state index in [2.05, 4.69) is 0 Å². The second kappa shape index (κ2) is 7.11. The summed E-state index contributed by atoms with van der Waals surface area (Å²) in [5.41, 5.74) is 8.84. The highest BCUT2D eigenvalue weighted by Gasteiger charge is 2.16. The molecule has 0 aliphatic carbocycles. The van der Waals surface area contributed by atoms with Gasteiger partial charge in [-0.15, -0.1) is 0 Å². The first-order valence-electron chi connectivity index (χ1n) is 6.89. The summed E-state index contributed by atoms with van der Waals surface area (Å²) in [5, 5.41) is 9.17. The monoisotopic (exact) mass is 287 g/mol. The second-order valence-electron chi connectivity index (χ2n) is 4.84. The van der Waals surface area contributed by atoms with Gasteiger partial charge in [0.25, 0.3) is 0 Å². The standard InChI is InChI=1S/C17H21NO3/c1-12-5-3-4-6-14(12)17(10-18)21-15-8-7-13(11-19)9-16(15)20-2/h3-9,17,19H,10-11,18H2,1-2H3. The van der Waals surface area contributed by atoms with Crippen LogP contribution in [0.3, 0.4) is 0 Å². The molecule has 2 aromatic carbocycles. The molecule has 0 saturated heterocycles. The highest BCUT2D eigenvalue weighted by molar-refractivity contribution is 5.43. The average molecular weight is 287 g/mol. The van der Waals surface area contributed by atoms with Gasteiger partial charge in [0.1, 0.15) is 6.10 Å². The molecular formula is C17H21NO3. The van der Waals surface area contributed by atoms with E-state index in [0.717, 1.165) is 16.7 Å². The molecular weight excluding hydrogens is 266 g/mol. The Balaban J connectivity index is 2.29. The molecule has 0 spiro atoms. The van der Waals surface area contributed by atoms with Gasteiger partial charge in [-0.1, -0.05) is 30.3 Å². The maximum absolute atomic E-state index is 9.17. The van der Waals surface area contributed by atoms with E-state index in [1.165, 1.54) is 0 Å². The molecule has 0 radical (unpaired) electrons. The Morgan fingerprint density at radius 2 is 1.90 bits per heavy atom. The van der Waals surface area contributed by atoms with Crippen LogP contribution >= 0.6 is 0 Å². The zero-order valence-electron chi connectivity index (χ0n) is 12.4. The van der Waals surface area contributed by atoms with Gasteiger partial charge in [-0.25, -0.2) is 0 Å². The van der Waals surface area contributed by atoms with Crippen LogP contribution in [0.15, 0.2) is 42.5 Å². The van der Waals surface area contributed by atoms with Crippen LogP contribution in [0.4, 0.5) is 0 Å². The molecule has 0 aliphatic heterocycles. The number of benzene rings is 2. The van der Waals surface area contributed by atoms with Crippen LogP contribution in [0.2, 0.25) is 0 Å². The van der Waals surface area contributed by atoms with Crippen LogP contribution < -0.4 is 15.2 Å². The summed E-state index contributed by atoms with van der Waals surface area (Å²) in [7, 11) is 1.58. The second-order valence-corrected chi connectivity index (χ2v) is 4.84. The first kappa shape index (κ1) is 15.4. The molecule has 1 atom stereocenters. The van der Waals surface area contributed by atoms with Crippen molar-refractivity contribution in [3.05, 3.63) is 59.2 Å². The van der Waals surface area contributed by atoms with E-state index in [1.54, 1.807) is 19.2 Å². The Kier molecular flexibility index (Phi) is 5.20. The van der Waals surface area contributed by atoms with Crippen LogP contribution in [0.25, 0.3) is 0 Å². The largest absolute Gasteiger partial charge is 0.493 e. The molecule has 112 valence electrons. The fraction of sp³-hybridized carbons (Fsp3) is 0.294. The van der Waals surface area contributed by atoms with E-state index in [1.807, 2.05) is 37.3 Å². The van der Waals surface area contributed by atoms with E-state index in [4.69, 9.17) is 15.2 Å². The van der Waals surface area contributed by atoms with Gasteiger partial charge in [-0.3, -0.25) is 0 Å². The molecule has 21 heavy (non-hydrogen) atoms. The lowest BCUT2D eigenvalue weighted by Gasteiger charge is -2.21. The van der Waals surface area contributed by atoms with E-state index < -0.39 is 0 Å². The number of aliphatic hydroxyl groups is 1. The molecule has 0 saturated carbocycles. The fourth-order valence-electron chi connectivity index (χ4n) is 2.25. The summed E-state index contributed by atoms with van der Waals surface area (Å²) in [4.78, 5) is 0. The number of nitrogens with two attached hydrogens (primary N) is 1. The van der Waals surface area contributed by atoms with Gasteiger partial charge >= 0.3 is 0 Å². The van der Waals surface area contributed by atoms with E-state index in [0.29, 0.717) is 18.0 Å². The Hall–Kier alpha value is -2.04. The third kappa shape index (κ3) is 3.54. The minimum Gasteiger partial charge on any atom is -0.493 e. The lowest BCUT2D eigenvalue weighted by Crippen LogP contribution is -2.19. The van der Waals surface area contributed by atoms with Crippen molar-refractivity contribution in [3.8, 4) is 11.5 Å². The predicted molar refractivity (Wildman–Crippen MR) is 82.5 cm³/mol. The highest BCUT2D eigenvalue weighted by Crippen LogP contribution is 2.32. The number of aliphatic hydroxyl groups excluding tert-OH is 1. The van der Waals surface area contributed by atoms with Gasteiger partial charge in [-0.2, -0.15) is 0 Å². The molecule has 4 nitrogen and oxygen atoms in total. The first-order valence-corrected chi connectivity index (χ1v) is 6.89. The average Bonchev–Trinajstić information content (AvgIpc) is 2.53. The highest BCUT2D eigenvalue weighted by atomic mass is 16.5. The normalized spacial score (nSPS) is 12.0. The maximum atomic E-state index is 9.17.